The fourth-order valence-corrected chi connectivity index (χ4v) is 6.06. The number of carbonyl (C=O) groups is 2. The topological polar surface area (TPSA) is 113 Å². The van der Waals surface area contributed by atoms with E-state index in [1.54, 1.807) is 0 Å². The smallest absolute Gasteiger partial charge is 0.305 e. The van der Waals surface area contributed by atoms with Crippen LogP contribution in [-0.2, 0) is 19.1 Å². The van der Waals surface area contributed by atoms with Gasteiger partial charge in [-0.3, -0.25) is 9.59 Å². The number of esters is 2. The predicted molar refractivity (Wildman–Crippen MR) is 203 cm³/mol. The minimum Gasteiger partial charge on any atom is -0.463 e. The first-order valence-corrected chi connectivity index (χ1v) is 20.8. The molecule has 0 aliphatic heterocycles. The number of aliphatic hydroxyl groups is 3. The molecule has 0 heterocycles. The summed E-state index contributed by atoms with van der Waals surface area (Å²) < 4.78 is 10.3. The molecule has 0 aliphatic carbocycles. The van der Waals surface area contributed by atoms with Crippen LogP contribution < -0.4 is 0 Å². The number of allylic oxidation sites excluding steroid dienone is 1. The maximum atomic E-state index is 12.0. The van der Waals surface area contributed by atoms with Crippen LogP contribution in [0, 0.1) is 5.92 Å². The van der Waals surface area contributed by atoms with Gasteiger partial charge in [0, 0.05) is 12.8 Å². The summed E-state index contributed by atoms with van der Waals surface area (Å²) in [6.07, 6.45) is 33.0. The standard InChI is InChI=1S/C42H80O7/c1-4-5-6-7-21-26-31-39(44)40(45)32-27-22-19-24-29-34-42(47)49-36-38(43)35-48-41(46)33-28-23-18-16-14-12-10-8-9-11-13-15-17-20-25-30-37(2)3/h21,26,37-40,43-45H,4-20,22-25,27-36H2,1-3H3/b26-21-/t38-,39+,40+/m0/s1. The molecule has 0 bridgehead atoms. The largest absolute Gasteiger partial charge is 0.463 e. The Morgan fingerprint density at radius 2 is 0.918 bits per heavy atom. The lowest BCUT2D eigenvalue weighted by molar-refractivity contribution is -0.152. The number of aliphatic hydroxyl groups excluding tert-OH is 3. The van der Waals surface area contributed by atoms with Gasteiger partial charge < -0.3 is 24.8 Å². The zero-order chi connectivity index (χ0) is 36.2. The van der Waals surface area contributed by atoms with Gasteiger partial charge in [0.2, 0.25) is 0 Å². The van der Waals surface area contributed by atoms with Gasteiger partial charge in [-0.15, -0.1) is 0 Å². The summed E-state index contributed by atoms with van der Waals surface area (Å²) in [5, 5.41) is 30.3. The second-order valence-corrected chi connectivity index (χ2v) is 14.9. The number of carbonyl (C=O) groups excluding carboxylic acids is 2. The van der Waals surface area contributed by atoms with Crippen molar-refractivity contribution in [1.82, 2.24) is 0 Å². The summed E-state index contributed by atoms with van der Waals surface area (Å²) in [5.41, 5.74) is 0. The number of hydrogen-bond acceptors (Lipinski definition) is 7. The average Bonchev–Trinajstić information content (AvgIpc) is 3.08. The molecule has 0 unspecified atom stereocenters. The first kappa shape index (κ1) is 47.6. The van der Waals surface area contributed by atoms with Crippen molar-refractivity contribution in [2.45, 2.75) is 225 Å². The average molecular weight is 697 g/mol. The summed E-state index contributed by atoms with van der Waals surface area (Å²) in [6.45, 7) is 6.48. The van der Waals surface area contributed by atoms with E-state index in [9.17, 15) is 24.9 Å². The van der Waals surface area contributed by atoms with Gasteiger partial charge in [0.25, 0.3) is 0 Å². The van der Waals surface area contributed by atoms with Crippen LogP contribution in [-0.4, -0.2) is 58.8 Å². The quantitative estimate of drug-likeness (QED) is 0.0336. The van der Waals surface area contributed by atoms with Gasteiger partial charge in [0.05, 0.1) is 12.2 Å². The van der Waals surface area contributed by atoms with Crippen LogP contribution in [0.2, 0.25) is 0 Å². The second kappa shape index (κ2) is 36.4. The van der Waals surface area contributed by atoms with Crippen molar-refractivity contribution in [3.8, 4) is 0 Å². The van der Waals surface area contributed by atoms with Crippen molar-refractivity contribution in [1.29, 1.82) is 0 Å². The van der Waals surface area contributed by atoms with E-state index >= 15 is 0 Å². The Labute approximate surface area is 302 Å². The van der Waals surface area contributed by atoms with Crippen LogP contribution >= 0.6 is 0 Å². The maximum absolute atomic E-state index is 12.0. The van der Waals surface area contributed by atoms with Crippen molar-refractivity contribution in [3.63, 3.8) is 0 Å². The number of rotatable bonds is 37. The van der Waals surface area contributed by atoms with Crippen molar-refractivity contribution in [2.75, 3.05) is 13.2 Å². The molecule has 3 atom stereocenters. The zero-order valence-electron chi connectivity index (χ0n) is 32.4. The van der Waals surface area contributed by atoms with E-state index in [0.29, 0.717) is 25.7 Å². The molecule has 0 aliphatic rings. The molecule has 0 spiro atoms. The Morgan fingerprint density at radius 3 is 1.35 bits per heavy atom. The minimum absolute atomic E-state index is 0.153. The highest BCUT2D eigenvalue weighted by Crippen LogP contribution is 2.16. The molecule has 0 aromatic heterocycles. The van der Waals surface area contributed by atoms with Gasteiger partial charge >= 0.3 is 11.9 Å². The van der Waals surface area contributed by atoms with Crippen LogP contribution in [0.25, 0.3) is 0 Å². The number of unbranched alkanes of at least 4 members (excludes halogenated alkanes) is 21. The second-order valence-electron chi connectivity index (χ2n) is 14.9. The molecule has 3 N–H and O–H groups in total. The lowest BCUT2D eigenvalue weighted by Gasteiger charge is -2.16. The Morgan fingerprint density at radius 1 is 0.510 bits per heavy atom. The third-order valence-electron chi connectivity index (χ3n) is 9.38. The molecule has 0 amide bonds. The SMILES string of the molecule is CCCCC/C=C\C[C@@H](O)[C@H](O)CCCCCCCC(=O)OC[C@@H](O)COC(=O)CCCCCCCCCCCCCCCCCC(C)C. The van der Waals surface area contributed by atoms with Gasteiger partial charge in [-0.1, -0.05) is 168 Å². The maximum Gasteiger partial charge on any atom is 0.305 e. The summed E-state index contributed by atoms with van der Waals surface area (Å²) in [4.78, 5) is 24.0. The Bertz CT molecular complexity index is 753. The molecule has 7 heteroatoms. The molecule has 0 fully saturated rings. The number of hydrogen-bond donors (Lipinski definition) is 3. The highest BCUT2D eigenvalue weighted by molar-refractivity contribution is 5.69. The van der Waals surface area contributed by atoms with Crippen molar-refractivity contribution in [2.24, 2.45) is 5.92 Å². The Hall–Kier alpha value is -1.44. The summed E-state index contributed by atoms with van der Waals surface area (Å²) >= 11 is 0. The predicted octanol–water partition coefficient (Wildman–Crippen LogP) is 10.7. The monoisotopic (exact) mass is 697 g/mol. The summed E-state index contributed by atoms with van der Waals surface area (Å²) in [6, 6.07) is 0. The highest BCUT2D eigenvalue weighted by Gasteiger charge is 2.14. The van der Waals surface area contributed by atoms with E-state index < -0.39 is 18.3 Å². The first-order chi connectivity index (χ1) is 23.8. The van der Waals surface area contributed by atoms with E-state index in [0.717, 1.165) is 57.3 Å². The summed E-state index contributed by atoms with van der Waals surface area (Å²) in [5.74, 6) is 0.183. The molecular weight excluding hydrogens is 616 g/mol. The molecular formula is C42H80O7. The van der Waals surface area contributed by atoms with Crippen molar-refractivity contribution in [3.05, 3.63) is 12.2 Å². The third kappa shape index (κ3) is 36.2. The van der Waals surface area contributed by atoms with Crippen LogP contribution in [0.4, 0.5) is 0 Å². The van der Waals surface area contributed by atoms with Crippen LogP contribution in [0.3, 0.4) is 0 Å². The van der Waals surface area contributed by atoms with E-state index in [2.05, 4.69) is 26.8 Å². The van der Waals surface area contributed by atoms with Crippen molar-refractivity contribution >= 4 is 11.9 Å². The lowest BCUT2D eigenvalue weighted by atomic mass is 10.0. The first-order valence-electron chi connectivity index (χ1n) is 20.8. The molecule has 0 saturated heterocycles. The molecule has 0 radical (unpaired) electrons. The van der Waals surface area contributed by atoms with E-state index in [1.807, 2.05) is 6.08 Å². The Kier molecular flexibility index (Phi) is 35.3. The van der Waals surface area contributed by atoms with E-state index in [4.69, 9.17) is 9.47 Å². The fourth-order valence-electron chi connectivity index (χ4n) is 6.06. The third-order valence-corrected chi connectivity index (χ3v) is 9.38. The molecule has 290 valence electrons. The summed E-state index contributed by atoms with van der Waals surface area (Å²) in [7, 11) is 0. The molecule has 0 rings (SSSR count). The van der Waals surface area contributed by atoms with Crippen LogP contribution in [0.15, 0.2) is 12.2 Å². The zero-order valence-corrected chi connectivity index (χ0v) is 32.4. The van der Waals surface area contributed by atoms with Crippen LogP contribution in [0.1, 0.15) is 207 Å². The van der Waals surface area contributed by atoms with Gasteiger partial charge in [-0.25, -0.2) is 0 Å². The normalized spacial score (nSPS) is 13.6. The molecule has 7 nitrogen and oxygen atoms in total. The van der Waals surface area contributed by atoms with Gasteiger partial charge in [0.15, 0.2) is 0 Å². The molecule has 0 aromatic rings. The molecule has 0 aromatic carbocycles. The van der Waals surface area contributed by atoms with Gasteiger partial charge in [-0.05, 0) is 44.4 Å². The van der Waals surface area contributed by atoms with Crippen LogP contribution in [0.5, 0.6) is 0 Å². The minimum atomic E-state index is -1.01. The van der Waals surface area contributed by atoms with E-state index in [-0.39, 0.29) is 31.6 Å². The van der Waals surface area contributed by atoms with Gasteiger partial charge in [-0.2, -0.15) is 0 Å². The fraction of sp³-hybridized carbons (Fsp3) is 0.905. The molecule has 0 saturated carbocycles. The highest BCUT2D eigenvalue weighted by atomic mass is 16.6. The Balaban J connectivity index is 3.51. The molecule has 49 heavy (non-hydrogen) atoms. The van der Waals surface area contributed by atoms with Gasteiger partial charge in [0.1, 0.15) is 19.3 Å². The number of ether oxygens (including phenoxy) is 2. The van der Waals surface area contributed by atoms with E-state index in [1.165, 1.54) is 103 Å². The van der Waals surface area contributed by atoms with Crippen molar-refractivity contribution < 1.29 is 34.4 Å². The lowest BCUT2D eigenvalue weighted by Crippen LogP contribution is -2.25.